The highest BCUT2D eigenvalue weighted by atomic mass is 15.3. The molecule has 1 unspecified atom stereocenters. The van der Waals surface area contributed by atoms with E-state index in [2.05, 4.69) is 37.2 Å². The molecule has 0 aromatic rings. The molecule has 1 atom stereocenters. The van der Waals surface area contributed by atoms with E-state index in [1.807, 2.05) is 0 Å². The zero-order valence-corrected chi connectivity index (χ0v) is 31.4. The first-order valence-electron chi connectivity index (χ1n) is 21.2. The number of likely N-dealkylation sites (N-methyl/N-ethyl adjacent to an activating group) is 2. The van der Waals surface area contributed by atoms with Crippen molar-refractivity contribution in [2.45, 2.75) is 246 Å². The fraction of sp³-hybridized carbons (Fsp3) is 0.976. The molecule has 0 radical (unpaired) electrons. The Labute approximate surface area is 280 Å². The maximum absolute atomic E-state index is 2.80. The number of rotatable bonds is 35. The molecule has 0 amide bonds. The summed E-state index contributed by atoms with van der Waals surface area (Å²) < 4.78 is 2.73. The number of amidine groups is 1. The third kappa shape index (κ3) is 22.9. The normalized spacial score (nSPS) is 15.3. The van der Waals surface area contributed by atoms with Gasteiger partial charge in [0.2, 0.25) is 5.84 Å². The van der Waals surface area contributed by atoms with Crippen molar-refractivity contribution in [2.24, 2.45) is 0 Å². The Balaban J connectivity index is 1.99. The molecule has 44 heavy (non-hydrogen) atoms. The molecule has 0 bridgehead atoms. The summed E-state index contributed by atoms with van der Waals surface area (Å²) in [5, 5.41) is 0. The highest BCUT2D eigenvalue weighted by Crippen LogP contribution is 2.22. The third-order valence-electron chi connectivity index (χ3n) is 10.7. The lowest BCUT2D eigenvalue weighted by atomic mass is 10.0. The van der Waals surface area contributed by atoms with Crippen molar-refractivity contribution in [1.82, 2.24) is 4.90 Å². The Hall–Kier alpha value is -0.530. The Morgan fingerprint density at radius 2 is 0.750 bits per heavy atom. The van der Waals surface area contributed by atoms with Gasteiger partial charge in [0.05, 0.1) is 13.1 Å². The van der Waals surface area contributed by atoms with E-state index in [-0.39, 0.29) is 0 Å². The van der Waals surface area contributed by atoms with Gasteiger partial charge in [-0.2, -0.15) is 0 Å². The van der Waals surface area contributed by atoms with Gasteiger partial charge in [0.1, 0.15) is 12.6 Å². The Bertz CT molecular complexity index is 611. The molecule has 0 spiro atoms. The van der Waals surface area contributed by atoms with Crippen molar-refractivity contribution < 1.29 is 4.58 Å². The average Bonchev–Trinajstić information content (AvgIpc) is 3.38. The van der Waals surface area contributed by atoms with Crippen LogP contribution in [0.1, 0.15) is 240 Å². The molecule has 1 rings (SSSR count). The molecular weight excluding hydrogens is 532 g/mol. The molecule has 1 heterocycles. The standard InChI is InChI=1S/C42H85N2/c1-5-9-11-13-15-17-19-21-23-25-26-28-30-32-34-36-38-41-40-43(7-3)42(44(41)8-4)39-37-35-33-31-29-27-24-22-20-18-16-14-12-10-6-2/h41H,5-40H2,1-4H3/q+1. The van der Waals surface area contributed by atoms with Crippen LogP contribution in [0.4, 0.5) is 0 Å². The van der Waals surface area contributed by atoms with Crippen LogP contribution in [0.15, 0.2) is 0 Å². The monoisotopic (exact) mass is 618 g/mol. The van der Waals surface area contributed by atoms with E-state index >= 15 is 0 Å². The number of hydrogen-bond donors (Lipinski definition) is 0. The first-order valence-corrected chi connectivity index (χ1v) is 21.2. The Morgan fingerprint density at radius 1 is 0.432 bits per heavy atom. The van der Waals surface area contributed by atoms with Crippen molar-refractivity contribution in [2.75, 3.05) is 19.6 Å². The largest absolute Gasteiger partial charge is 0.262 e. The van der Waals surface area contributed by atoms with Gasteiger partial charge in [-0.15, -0.1) is 0 Å². The quantitative estimate of drug-likeness (QED) is 0.0506. The van der Waals surface area contributed by atoms with Crippen molar-refractivity contribution in [1.29, 1.82) is 0 Å². The van der Waals surface area contributed by atoms with Crippen LogP contribution in [0.5, 0.6) is 0 Å². The second kappa shape index (κ2) is 32.4. The van der Waals surface area contributed by atoms with Gasteiger partial charge < -0.3 is 0 Å². The number of unbranched alkanes of at least 4 members (excludes halogenated alkanes) is 29. The second-order valence-electron chi connectivity index (χ2n) is 14.7. The van der Waals surface area contributed by atoms with Gasteiger partial charge >= 0.3 is 0 Å². The van der Waals surface area contributed by atoms with Crippen LogP contribution in [-0.4, -0.2) is 41.0 Å². The summed E-state index contributed by atoms with van der Waals surface area (Å²) in [5.41, 5.74) is 0. The summed E-state index contributed by atoms with van der Waals surface area (Å²) in [6, 6.07) is 0.776. The molecule has 0 aromatic carbocycles. The van der Waals surface area contributed by atoms with Crippen LogP contribution < -0.4 is 0 Å². The van der Waals surface area contributed by atoms with Crippen molar-refractivity contribution >= 4 is 5.84 Å². The van der Waals surface area contributed by atoms with Crippen molar-refractivity contribution in [3.8, 4) is 0 Å². The molecule has 0 aliphatic carbocycles. The van der Waals surface area contributed by atoms with Gasteiger partial charge in [-0.05, 0) is 33.1 Å². The SMILES string of the molecule is CCCCCCCCCCCCCCCCCCC1C[N+](CC)=C(CCCCCCCCCCCCCCCCC)N1CC. The van der Waals surface area contributed by atoms with Crippen molar-refractivity contribution in [3.05, 3.63) is 0 Å². The van der Waals surface area contributed by atoms with E-state index in [0.29, 0.717) is 0 Å². The summed E-state index contributed by atoms with van der Waals surface area (Å²) in [5.74, 6) is 1.69. The lowest BCUT2D eigenvalue weighted by Crippen LogP contribution is -2.36. The van der Waals surface area contributed by atoms with Gasteiger partial charge in [-0.3, -0.25) is 9.48 Å². The molecule has 0 fully saturated rings. The minimum atomic E-state index is 0.776. The zero-order chi connectivity index (χ0) is 31.8. The predicted molar refractivity (Wildman–Crippen MR) is 201 cm³/mol. The van der Waals surface area contributed by atoms with Crippen LogP contribution in [0.3, 0.4) is 0 Å². The van der Waals surface area contributed by atoms with E-state index in [1.165, 1.54) is 232 Å². The summed E-state index contributed by atoms with van der Waals surface area (Å²) in [7, 11) is 0. The molecule has 0 aromatic heterocycles. The topological polar surface area (TPSA) is 6.25 Å². The van der Waals surface area contributed by atoms with Crippen LogP contribution in [-0.2, 0) is 0 Å². The smallest absolute Gasteiger partial charge is 0.247 e. The van der Waals surface area contributed by atoms with Crippen LogP contribution >= 0.6 is 0 Å². The average molecular weight is 618 g/mol. The molecule has 0 N–H and O–H groups in total. The lowest BCUT2D eigenvalue weighted by Gasteiger charge is -2.19. The van der Waals surface area contributed by atoms with E-state index in [0.717, 1.165) is 6.04 Å². The summed E-state index contributed by atoms with van der Waals surface area (Å²) in [6.07, 6.45) is 47.9. The first kappa shape index (κ1) is 41.5. The molecule has 1 aliphatic heterocycles. The van der Waals surface area contributed by atoms with Gasteiger partial charge in [-0.25, -0.2) is 0 Å². The number of nitrogens with zero attached hydrogens (tertiary/aromatic N) is 2. The number of hydrogen-bond acceptors (Lipinski definition) is 1. The van der Waals surface area contributed by atoms with Gasteiger partial charge in [-0.1, -0.05) is 200 Å². The van der Waals surface area contributed by atoms with Gasteiger partial charge in [0, 0.05) is 6.42 Å². The molecule has 2 nitrogen and oxygen atoms in total. The molecule has 262 valence electrons. The van der Waals surface area contributed by atoms with Gasteiger partial charge in [0.15, 0.2) is 0 Å². The molecular formula is C42H85N2+. The van der Waals surface area contributed by atoms with E-state index < -0.39 is 0 Å². The fourth-order valence-corrected chi connectivity index (χ4v) is 7.73. The minimum absolute atomic E-state index is 0.776. The van der Waals surface area contributed by atoms with E-state index in [4.69, 9.17) is 0 Å². The van der Waals surface area contributed by atoms with Crippen molar-refractivity contribution in [3.63, 3.8) is 0 Å². The molecule has 2 heteroatoms. The van der Waals surface area contributed by atoms with E-state index in [9.17, 15) is 0 Å². The lowest BCUT2D eigenvalue weighted by molar-refractivity contribution is -0.518. The third-order valence-corrected chi connectivity index (χ3v) is 10.7. The van der Waals surface area contributed by atoms with Crippen LogP contribution in [0.25, 0.3) is 0 Å². The predicted octanol–water partition coefficient (Wildman–Crippen LogP) is 14.0. The summed E-state index contributed by atoms with van der Waals surface area (Å²) >= 11 is 0. The molecule has 0 saturated carbocycles. The first-order chi connectivity index (χ1) is 21.8. The maximum atomic E-state index is 2.80. The minimum Gasteiger partial charge on any atom is -0.262 e. The van der Waals surface area contributed by atoms with Crippen LogP contribution in [0.2, 0.25) is 0 Å². The fourth-order valence-electron chi connectivity index (χ4n) is 7.73. The van der Waals surface area contributed by atoms with E-state index in [1.54, 1.807) is 5.84 Å². The molecule has 1 aliphatic rings. The summed E-state index contributed by atoms with van der Waals surface area (Å²) in [4.78, 5) is 2.80. The maximum Gasteiger partial charge on any atom is 0.247 e. The molecule has 0 saturated heterocycles. The summed E-state index contributed by atoms with van der Waals surface area (Å²) in [6.45, 7) is 13.1. The highest BCUT2D eigenvalue weighted by molar-refractivity contribution is 5.78. The Morgan fingerprint density at radius 3 is 1.07 bits per heavy atom. The highest BCUT2D eigenvalue weighted by Gasteiger charge is 2.36. The van der Waals surface area contributed by atoms with Gasteiger partial charge in [0.25, 0.3) is 0 Å². The van der Waals surface area contributed by atoms with Crippen LogP contribution in [0, 0.1) is 0 Å². The Kier molecular flexibility index (Phi) is 30.6. The second-order valence-corrected chi connectivity index (χ2v) is 14.7. The zero-order valence-electron chi connectivity index (χ0n) is 31.4.